The fourth-order valence-corrected chi connectivity index (χ4v) is 8.57. The van der Waals surface area contributed by atoms with Gasteiger partial charge in [0.05, 0.1) is 11.2 Å². The molecule has 1 saturated heterocycles. The highest BCUT2D eigenvalue weighted by Gasteiger charge is 2.60. The van der Waals surface area contributed by atoms with Crippen molar-refractivity contribution in [3.63, 3.8) is 0 Å². The molecule has 3 fully saturated rings. The Kier molecular flexibility index (Phi) is 5.70. The molecule has 4 aliphatic rings. The summed E-state index contributed by atoms with van der Waals surface area (Å²) in [5.41, 5.74) is 4.06. The van der Waals surface area contributed by atoms with E-state index in [1.165, 1.54) is 17.7 Å². The van der Waals surface area contributed by atoms with Gasteiger partial charge in [-0.15, -0.1) is 0 Å². The zero-order valence-corrected chi connectivity index (χ0v) is 21.1. The average molecular weight is 537 g/mol. The van der Waals surface area contributed by atoms with Crippen molar-refractivity contribution in [1.29, 1.82) is 0 Å². The van der Waals surface area contributed by atoms with Crippen LogP contribution >= 0.6 is 0 Å². The number of alkyl halides is 3. The number of rotatable bonds is 3. The maximum atomic E-state index is 13.3. The first-order chi connectivity index (χ1) is 17.4. The van der Waals surface area contributed by atoms with E-state index in [-0.39, 0.29) is 30.1 Å². The van der Waals surface area contributed by atoms with Crippen LogP contribution in [0, 0.1) is 17.7 Å². The fourth-order valence-electron chi connectivity index (χ4n) is 6.86. The number of hydrogen-bond acceptors (Lipinski definition) is 3. The molecule has 37 heavy (non-hydrogen) atoms. The summed E-state index contributed by atoms with van der Waals surface area (Å²) in [6.45, 7) is -1.61. The second kappa shape index (κ2) is 8.51. The number of nitrogens with zero attached hydrogens (tertiary/aromatic N) is 3. The highest BCUT2D eigenvalue weighted by Crippen LogP contribution is 2.55. The van der Waals surface area contributed by atoms with Crippen LogP contribution in [0.15, 0.2) is 53.6 Å². The zero-order chi connectivity index (χ0) is 26.2. The minimum absolute atomic E-state index is 0.0407. The van der Waals surface area contributed by atoms with Crippen molar-refractivity contribution in [1.82, 2.24) is 18.8 Å². The lowest BCUT2D eigenvalue weighted by molar-refractivity contribution is -0.136. The number of aryl methyl sites for hydroxylation is 1. The lowest BCUT2D eigenvalue weighted by Crippen LogP contribution is -2.51. The monoisotopic (exact) mass is 536 g/mol. The van der Waals surface area contributed by atoms with Gasteiger partial charge in [-0.3, -0.25) is 4.68 Å². The molecule has 11 heteroatoms. The van der Waals surface area contributed by atoms with E-state index in [4.69, 9.17) is 0 Å². The zero-order valence-electron chi connectivity index (χ0n) is 20.3. The Morgan fingerprint density at radius 3 is 2.46 bits per heavy atom. The van der Waals surface area contributed by atoms with E-state index in [1.54, 1.807) is 12.1 Å². The van der Waals surface area contributed by atoms with Gasteiger partial charge in [0, 0.05) is 30.8 Å². The van der Waals surface area contributed by atoms with E-state index in [9.17, 15) is 26.0 Å². The summed E-state index contributed by atoms with van der Waals surface area (Å²) in [6.07, 6.45) is 3.46. The Morgan fingerprint density at radius 2 is 1.78 bits per heavy atom. The molecule has 1 aromatic carbocycles. The maximum Gasteiger partial charge on any atom is 0.402 e. The molecule has 2 aromatic rings. The Hall–Kier alpha value is -2.50. The Bertz CT molecular complexity index is 1400. The fraction of sp³-hybridized carbons (Fsp3) is 0.500. The summed E-state index contributed by atoms with van der Waals surface area (Å²) in [4.78, 5) is 0. The van der Waals surface area contributed by atoms with E-state index >= 15 is 0 Å². The first kappa shape index (κ1) is 24.8. The second-order valence-electron chi connectivity index (χ2n) is 10.8. The second-order valence-corrected chi connectivity index (χ2v) is 12.4. The third kappa shape index (κ3) is 4.34. The molecule has 1 spiro atoms. The van der Waals surface area contributed by atoms with Gasteiger partial charge in [-0.1, -0.05) is 12.2 Å². The van der Waals surface area contributed by atoms with Crippen LogP contribution in [0.1, 0.15) is 43.7 Å². The third-order valence-corrected chi connectivity index (χ3v) is 10.2. The molecule has 1 unspecified atom stereocenters. The molecule has 3 aliphatic carbocycles. The van der Waals surface area contributed by atoms with E-state index < -0.39 is 28.5 Å². The molecule has 6 rings (SSSR count). The molecular formula is C26H28F4N4O2S. The summed E-state index contributed by atoms with van der Waals surface area (Å²) in [6, 6.07) is 8.23. The van der Waals surface area contributed by atoms with Gasteiger partial charge in [0.1, 0.15) is 12.4 Å². The number of aromatic nitrogens is 2. The van der Waals surface area contributed by atoms with Gasteiger partial charge in [-0.2, -0.15) is 35.7 Å². The van der Waals surface area contributed by atoms with Crippen LogP contribution in [0.5, 0.6) is 0 Å². The SMILES string of the molecule is Cn1nc(-c2ccc(F)cc2)cc1C1C=C2C[C@H]3CC[C@@H](CC2=CC1)[C@]31CN(CC(F)(F)F)S(=O)(=O)N1. The highest BCUT2D eigenvalue weighted by atomic mass is 32.2. The molecule has 1 aromatic heterocycles. The number of fused-ring (bicyclic) bond motifs is 1. The molecule has 0 amide bonds. The van der Waals surface area contributed by atoms with Gasteiger partial charge >= 0.3 is 6.18 Å². The highest BCUT2D eigenvalue weighted by molar-refractivity contribution is 7.87. The van der Waals surface area contributed by atoms with Crippen LogP contribution in [0.2, 0.25) is 0 Å². The molecule has 2 heterocycles. The van der Waals surface area contributed by atoms with Gasteiger partial charge in [-0.05, 0) is 85.4 Å². The summed E-state index contributed by atoms with van der Waals surface area (Å²) in [5, 5.41) is 4.63. The molecule has 198 valence electrons. The van der Waals surface area contributed by atoms with Crippen LogP contribution < -0.4 is 4.72 Å². The molecule has 1 N–H and O–H groups in total. The predicted molar refractivity (Wildman–Crippen MR) is 130 cm³/mol. The van der Waals surface area contributed by atoms with Crippen molar-refractivity contribution in [2.24, 2.45) is 18.9 Å². The van der Waals surface area contributed by atoms with Gasteiger partial charge in [0.15, 0.2) is 0 Å². The van der Waals surface area contributed by atoms with Crippen LogP contribution in [0.4, 0.5) is 17.6 Å². The molecule has 4 atom stereocenters. The minimum atomic E-state index is -4.59. The maximum absolute atomic E-state index is 13.3. The first-order valence-electron chi connectivity index (χ1n) is 12.5. The number of benzene rings is 1. The van der Waals surface area contributed by atoms with Crippen molar-refractivity contribution in [2.75, 3.05) is 13.1 Å². The number of halogens is 4. The van der Waals surface area contributed by atoms with Crippen LogP contribution in [0.25, 0.3) is 11.3 Å². The van der Waals surface area contributed by atoms with E-state index in [1.807, 2.05) is 17.8 Å². The number of nitrogens with one attached hydrogen (secondary N) is 1. The Balaban J connectivity index is 1.28. The van der Waals surface area contributed by atoms with Crippen LogP contribution in [0.3, 0.4) is 0 Å². The van der Waals surface area contributed by atoms with Crippen molar-refractivity contribution in [3.05, 3.63) is 65.1 Å². The quantitative estimate of drug-likeness (QED) is 0.571. The van der Waals surface area contributed by atoms with Crippen molar-refractivity contribution in [3.8, 4) is 11.3 Å². The largest absolute Gasteiger partial charge is 0.402 e. The summed E-state index contributed by atoms with van der Waals surface area (Å²) in [5.74, 6) is -0.343. The molecule has 2 saturated carbocycles. The normalized spacial score (nSPS) is 31.2. The standard InChI is InChI=1S/C26H28F4N4O2S/c1-33-24(13-23(31-33)16-4-8-22(27)9-5-16)18-3-2-17-11-20-6-7-21(12-19(17)10-18)25(20)14-34(15-26(28,29)30)37(35,36)32-25/h2,4-5,8-10,13,18,20-21,32H,3,6-7,11-12,14-15H2,1H3/t18?,20-,21+,25+/m0/s1. The first-order valence-corrected chi connectivity index (χ1v) is 13.9. The summed E-state index contributed by atoms with van der Waals surface area (Å²) < 4.78 is 83.3. The number of allylic oxidation sites excluding steroid dienone is 4. The van der Waals surface area contributed by atoms with Gasteiger partial charge in [0.25, 0.3) is 10.2 Å². The average Bonchev–Trinajstić information content (AvgIpc) is 3.38. The van der Waals surface area contributed by atoms with Crippen molar-refractivity contribution in [2.45, 2.75) is 49.7 Å². The van der Waals surface area contributed by atoms with Crippen LogP contribution in [-0.4, -0.2) is 47.3 Å². The summed E-state index contributed by atoms with van der Waals surface area (Å²) in [7, 11) is -2.32. The Morgan fingerprint density at radius 1 is 1.11 bits per heavy atom. The molecule has 2 bridgehead atoms. The third-order valence-electron chi connectivity index (χ3n) is 8.57. The molecule has 1 aliphatic heterocycles. The summed E-state index contributed by atoms with van der Waals surface area (Å²) >= 11 is 0. The van der Waals surface area contributed by atoms with Crippen molar-refractivity contribution >= 4 is 10.2 Å². The lowest BCUT2D eigenvalue weighted by Gasteiger charge is -2.33. The van der Waals surface area contributed by atoms with Crippen molar-refractivity contribution < 1.29 is 26.0 Å². The topological polar surface area (TPSA) is 67.2 Å². The van der Waals surface area contributed by atoms with E-state index in [2.05, 4.69) is 22.0 Å². The van der Waals surface area contributed by atoms with E-state index in [0.717, 1.165) is 41.8 Å². The Labute approximate surface area is 213 Å². The van der Waals surface area contributed by atoms with Crippen LogP contribution in [-0.2, 0) is 17.3 Å². The minimum Gasteiger partial charge on any atom is -0.271 e. The van der Waals surface area contributed by atoms with Gasteiger partial charge < -0.3 is 0 Å². The van der Waals surface area contributed by atoms with E-state index in [0.29, 0.717) is 17.1 Å². The number of hydrogen-bond donors (Lipinski definition) is 1. The van der Waals surface area contributed by atoms with Gasteiger partial charge in [0.2, 0.25) is 0 Å². The molecule has 6 nitrogen and oxygen atoms in total. The lowest BCUT2D eigenvalue weighted by atomic mass is 9.80. The molecule has 0 radical (unpaired) electrons. The molecular weight excluding hydrogens is 508 g/mol. The predicted octanol–water partition coefficient (Wildman–Crippen LogP) is 4.84. The van der Waals surface area contributed by atoms with Gasteiger partial charge in [-0.25, -0.2) is 4.39 Å². The smallest absolute Gasteiger partial charge is 0.271 e.